The first-order chi connectivity index (χ1) is 9.56. The fraction of sp³-hybridized carbons (Fsp3) is 0.0769. The summed E-state index contributed by atoms with van der Waals surface area (Å²) in [7, 11) is 0. The molecule has 0 radical (unpaired) electrons. The van der Waals surface area contributed by atoms with Gasteiger partial charge in [-0.2, -0.15) is 0 Å². The number of nitrogens with one attached hydrogen (secondary N) is 1. The van der Waals surface area contributed by atoms with E-state index in [2.05, 4.69) is 21.2 Å². The van der Waals surface area contributed by atoms with Crippen molar-refractivity contribution in [3.8, 4) is 0 Å². The number of carbonyl (C=O) groups excluding carboxylic acids is 1. The number of aliphatic carboxylic acids is 1. The van der Waals surface area contributed by atoms with Gasteiger partial charge < -0.3 is 14.8 Å². The van der Waals surface area contributed by atoms with E-state index >= 15 is 0 Å². The summed E-state index contributed by atoms with van der Waals surface area (Å²) in [6.07, 6.45) is 2.70. The highest BCUT2D eigenvalue weighted by Gasteiger charge is 2.21. The van der Waals surface area contributed by atoms with Crippen molar-refractivity contribution in [2.45, 2.75) is 6.04 Å². The van der Waals surface area contributed by atoms with E-state index in [1.165, 1.54) is 23.5 Å². The molecule has 20 heavy (non-hydrogen) atoms. The Hall–Kier alpha value is -1.86. The van der Waals surface area contributed by atoms with Crippen molar-refractivity contribution < 1.29 is 19.1 Å². The van der Waals surface area contributed by atoms with Crippen LogP contribution in [0.1, 0.15) is 16.7 Å². The second-order valence-corrected chi connectivity index (χ2v) is 5.53. The first-order valence-corrected chi connectivity index (χ1v) is 7.23. The van der Waals surface area contributed by atoms with Crippen LogP contribution in [0.25, 0.3) is 6.08 Å². The van der Waals surface area contributed by atoms with Crippen molar-refractivity contribution in [3.63, 3.8) is 0 Å². The van der Waals surface area contributed by atoms with Gasteiger partial charge in [-0.3, -0.25) is 4.79 Å². The van der Waals surface area contributed by atoms with E-state index in [0.717, 1.165) is 0 Å². The lowest BCUT2D eigenvalue weighted by atomic mass is 10.2. The van der Waals surface area contributed by atoms with E-state index in [-0.39, 0.29) is 0 Å². The Labute approximate surface area is 127 Å². The number of rotatable bonds is 5. The summed E-state index contributed by atoms with van der Waals surface area (Å²) in [6, 6.07) is 5.73. The van der Waals surface area contributed by atoms with Crippen LogP contribution in [0.5, 0.6) is 0 Å². The summed E-state index contributed by atoms with van der Waals surface area (Å²) in [5.41, 5.74) is 0. The monoisotopic (exact) mass is 355 g/mol. The lowest BCUT2D eigenvalue weighted by Crippen LogP contribution is -2.31. The normalized spacial score (nSPS) is 12.4. The van der Waals surface area contributed by atoms with Crippen molar-refractivity contribution >= 4 is 45.2 Å². The molecule has 0 aliphatic heterocycles. The van der Waals surface area contributed by atoms with Crippen LogP contribution in [0.3, 0.4) is 0 Å². The molecule has 1 unspecified atom stereocenters. The minimum absolute atomic E-state index is 0.495. The molecular weight excluding hydrogens is 346 g/mol. The van der Waals surface area contributed by atoms with E-state index in [1.807, 2.05) is 0 Å². The van der Waals surface area contributed by atoms with Gasteiger partial charge in [0.15, 0.2) is 10.7 Å². The van der Waals surface area contributed by atoms with Crippen LogP contribution in [0.4, 0.5) is 0 Å². The SMILES string of the molecule is O=C(/C=C/c1ccc(Br)o1)NC(C(=O)O)c1cccs1. The zero-order valence-corrected chi connectivity index (χ0v) is 12.5. The maximum absolute atomic E-state index is 11.7. The molecule has 104 valence electrons. The fourth-order valence-electron chi connectivity index (χ4n) is 1.48. The van der Waals surface area contributed by atoms with Crippen molar-refractivity contribution in [3.05, 3.63) is 51.0 Å². The Balaban J connectivity index is 2.02. The van der Waals surface area contributed by atoms with Gasteiger partial charge in [0.1, 0.15) is 5.76 Å². The van der Waals surface area contributed by atoms with E-state index < -0.39 is 17.9 Å². The first-order valence-electron chi connectivity index (χ1n) is 5.56. The molecule has 0 bridgehead atoms. The number of amides is 1. The van der Waals surface area contributed by atoms with Crippen LogP contribution < -0.4 is 5.32 Å². The number of hydrogen-bond acceptors (Lipinski definition) is 4. The van der Waals surface area contributed by atoms with Gasteiger partial charge >= 0.3 is 5.97 Å². The molecule has 0 aliphatic rings. The predicted octanol–water partition coefficient (Wildman–Crippen LogP) is 3.06. The zero-order chi connectivity index (χ0) is 14.5. The smallest absolute Gasteiger partial charge is 0.331 e. The van der Waals surface area contributed by atoms with Crippen LogP contribution in [-0.4, -0.2) is 17.0 Å². The van der Waals surface area contributed by atoms with Gasteiger partial charge in [-0.1, -0.05) is 6.07 Å². The highest BCUT2D eigenvalue weighted by atomic mass is 79.9. The maximum Gasteiger partial charge on any atom is 0.331 e. The van der Waals surface area contributed by atoms with Crippen molar-refractivity contribution in [1.29, 1.82) is 0 Å². The first kappa shape index (κ1) is 14.5. The summed E-state index contributed by atoms with van der Waals surface area (Å²) in [5.74, 6) is -1.11. The third-order valence-corrected chi connectivity index (χ3v) is 3.72. The molecule has 2 rings (SSSR count). The van der Waals surface area contributed by atoms with Gasteiger partial charge in [-0.05, 0) is 45.6 Å². The van der Waals surface area contributed by atoms with Crippen molar-refractivity contribution in [2.75, 3.05) is 0 Å². The highest BCUT2D eigenvalue weighted by Crippen LogP contribution is 2.19. The average Bonchev–Trinajstić information content (AvgIpc) is 3.04. The quantitative estimate of drug-likeness (QED) is 0.807. The summed E-state index contributed by atoms with van der Waals surface area (Å²) >= 11 is 4.42. The molecule has 2 aromatic rings. The molecule has 1 amide bonds. The second kappa shape index (κ2) is 6.53. The number of furan rings is 1. The predicted molar refractivity (Wildman–Crippen MR) is 78.3 cm³/mol. The molecule has 0 saturated heterocycles. The molecule has 2 heterocycles. The number of hydrogen-bond donors (Lipinski definition) is 2. The van der Waals surface area contributed by atoms with E-state index in [4.69, 9.17) is 9.52 Å². The molecule has 5 nitrogen and oxygen atoms in total. The Bertz CT molecular complexity index is 633. The molecule has 0 saturated carbocycles. The van der Waals surface area contributed by atoms with Gasteiger partial charge in [0.05, 0.1) is 0 Å². The third-order valence-electron chi connectivity index (χ3n) is 2.35. The Morgan fingerprint density at radius 3 is 2.75 bits per heavy atom. The van der Waals surface area contributed by atoms with Gasteiger partial charge in [-0.25, -0.2) is 4.79 Å². The topological polar surface area (TPSA) is 79.5 Å². The Morgan fingerprint density at radius 1 is 1.40 bits per heavy atom. The lowest BCUT2D eigenvalue weighted by molar-refractivity contribution is -0.141. The number of halogens is 1. The number of carboxylic acids is 1. The highest BCUT2D eigenvalue weighted by molar-refractivity contribution is 9.10. The van der Waals surface area contributed by atoms with Gasteiger partial charge in [0, 0.05) is 11.0 Å². The number of carbonyl (C=O) groups is 2. The minimum Gasteiger partial charge on any atom is -0.479 e. The van der Waals surface area contributed by atoms with Gasteiger partial charge in [0.25, 0.3) is 0 Å². The zero-order valence-electron chi connectivity index (χ0n) is 10.1. The van der Waals surface area contributed by atoms with Crippen LogP contribution in [-0.2, 0) is 9.59 Å². The van der Waals surface area contributed by atoms with Crippen LogP contribution in [0, 0.1) is 0 Å². The fourth-order valence-corrected chi connectivity index (χ4v) is 2.56. The third kappa shape index (κ3) is 3.82. The summed E-state index contributed by atoms with van der Waals surface area (Å²) in [6.45, 7) is 0. The van der Waals surface area contributed by atoms with Crippen molar-refractivity contribution in [1.82, 2.24) is 5.32 Å². The number of thiophene rings is 1. The molecule has 1 atom stereocenters. The Kier molecular flexibility index (Phi) is 4.75. The molecule has 0 spiro atoms. The average molecular weight is 356 g/mol. The van der Waals surface area contributed by atoms with Crippen LogP contribution >= 0.6 is 27.3 Å². The van der Waals surface area contributed by atoms with Crippen molar-refractivity contribution in [2.24, 2.45) is 0 Å². The van der Waals surface area contributed by atoms with Crippen LogP contribution in [0.2, 0.25) is 0 Å². The summed E-state index contributed by atoms with van der Waals surface area (Å²) in [5, 5.41) is 13.3. The maximum atomic E-state index is 11.7. The lowest BCUT2D eigenvalue weighted by Gasteiger charge is -2.10. The molecule has 0 aromatic carbocycles. The number of carboxylic acid groups (broad SMARTS) is 1. The molecule has 2 aromatic heterocycles. The molecule has 0 aliphatic carbocycles. The van der Waals surface area contributed by atoms with E-state index in [9.17, 15) is 9.59 Å². The molecule has 0 fully saturated rings. The van der Waals surface area contributed by atoms with Crippen LogP contribution in [0.15, 0.2) is 44.8 Å². The second-order valence-electron chi connectivity index (χ2n) is 3.77. The van der Waals surface area contributed by atoms with E-state index in [1.54, 1.807) is 29.6 Å². The summed E-state index contributed by atoms with van der Waals surface area (Å²) < 4.78 is 5.75. The minimum atomic E-state index is -1.10. The van der Waals surface area contributed by atoms with Gasteiger partial charge in [0.2, 0.25) is 5.91 Å². The molecular formula is C13H10BrNO4S. The standard InChI is InChI=1S/C13H10BrNO4S/c14-10-5-3-8(19-10)4-6-11(16)15-12(13(17)18)9-2-1-7-20-9/h1-7,12H,(H,15,16)(H,17,18)/b6-4+. The Morgan fingerprint density at radius 2 is 2.20 bits per heavy atom. The molecule has 2 N–H and O–H groups in total. The largest absolute Gasteiger partial charge is 0.479 e. The van der Waals surface area contributed by atoms with Gasteiger partial charge in [-0.15, -0.1) is 11.3 Å². The molecule has 7 heteroatoms. The summed E-state index contributed by atoms with van der Waals surface area (Å²) in [4.78, 5) is 23.4. The van der Waals surface area contributed by atoms with E-state index in [0.29, 0.717) is 15.3 Å².